The van der Waals surface area contributed by atoms with Gasteiger partial charge >= 0.3 is 0 Å². The number of benzene rings is 1. The number of nitrogens with zero attached hydrogens (tertiary/aromatic N) is 3. The van der Waals surface area contributed by atoms with E-state index in [2.05, 4.69) is 49.1 Å². The molecule has 2 aromatic heterocycles. The Morgan fingerprint density at radius 3 is 2.53 bits per heavy atom. The van der Waals surface area contributed by atoms with Crippen LogP contribution in [0.3, 0.4) is 0 Å². The minimum Gasteiger partial charge on any atom is -0.408 e. The molecule has 8 nitrogen and oxygen atoms in total. The predicted molar refractivity (Wildman–Crippen MR) is 139 cm³/mol. The predicted octanol–water partition coefficient (Wildman–Crippen LogP) is 5.08. The fraction of sp³-hybridized carbons (Fsp3) is 0.500. The molecule has 0 radical (unpaired) electrons. The monoisotopic (exact) mass is 514 g/mol. The summed E-state index contributed by atoms with van der Waals surface area (Å²) in [4.78, 5) is 21.3. The molecular weight excluding hydrogens is 479 g/mol. The Morgan fingerprint density at radius 2 is 1.92 bits per heavy atom. The maximum absolute atomic E-state index is 16.6. The average Bonchev–Trinajstić information content (AvgIpc) is 3.32. The molecule has 2 N–H and O–H groups in total. The van der Waals surface area contributed by atoms with Gasteiger partial charge in [-0.2, -0.15) is 0 Å². The third kappa shape index (κ3) is 4.70. The van der Waals surface area contributed by atoms with E-state index in [9.17, 15) is 9.90 Å². The first kappa shape index (κ1) is 26.4. The van der Waals surface area contributed by atoms with Crippen LogP contribution in [0.15, 0.2) is 48.9 Å². The summed E-state index contributed by atoms with van der Waals surface area (Å²) in [5.74, 6) is 0.000103. The number of alkyl halides is 1. The molecule has 0 aliphatic carbocycles. The number of hydrogen-bond acceptors (Lipinski definition) is 6. The van der Waals surface area contributed by atoms with Gasteiger partial charge in [-0.1, -0.05) is 39.0 Å². The summed E-state index contributed by atoms with van der Waals surface area (Å²) in [5, 5.41) is 13.7. The van der Waals surface area contributed by atoms with E-state index >= 15 is 4.39 Å². The van der Waals surface area contributed by atoms with Crippen molar-refractivity contribution in [2.75, 3.05) is 5.32 Å². The molecule has 10 heteroatoms. The van der Waals surface area contributed by atoms with Gasteiger partial charge in [-0.15, -0.1) is 0 Å². The number of nitrogens with one attached hydrogen (secondary N) is 1. The quantitative estimate of drug-likeness (QED) is 0.445. The molecule has 36 heavy (non-hydrogen) atoms. The Kier molecular flexibility index (Phi) is 6.84. The number of carbonyl (C=O) groups excluding carboxylic acids is 1. The van der Waals surface area contributed by atoms with Gasteiger partial charge in [-0.25, -0.2) is 14.4 Å². The second-order valence-corrected chi connectivity index (χ2v) is 15.9. The van der Waals surface area contributed by atoms with Crippen molar-refractivity contribution in [3.8, 4) is 0 Å². The highest BCUT2D eigenvalue weighted by atomic mass is 28.4. The Hall–Kier alpha value is -2.66. The number of anilines is 1. The Labute approximate surface area is 212 Å². The molecule has 4 rings (SSSR count). The maximum atomic E-state index is 16.6. The van der Waals surface area contributed by atoms with Gasteiger partial charge in [0.2, 0.25) is 0 Å². The topological polar surface area (TPSA) is 98.5 Å². The first-order valence-electron chi connectivity index (χ1n) is 12.1. The van der Waals surface area contributed by atoms with Gasteiger partial charge in [-0.05, 0) is 50.2 Å². The van der Waals surface area contributed by atoms with Crippen molar-refractivity contribution < 1.29 is 23.5 Å². The summed E-state index contributed by atoms with van der Waals surface area (Å²) in [6.07, 6.45) is -0.905. The van der Waals surface area contributed by atoms with Crippen LogP contribution in [0, 0.1) is 0 Å². The van der Waals surface area contributed by atoms with Crippen LogP contribution >= 0.6 is 0 Å². The standard InChI is InChI=1S/C26H35FN4O4Si/c1-16(32)19-20(35-36(6,7)25(2,3)4)26(5,27)24(34-19)31-14-13-18-21(28-15-29-22(18)31)30-23(33)17-11-9-8-10-12-17/h8-16,19-20,24,32H,1-7H3,(H,28,29,30,33)/t16?,19-,20-,24?,26-/m1/s1. The molecule has 5 atom stereocenters. The first-order chi connectivity index (χ1) is 16.7. The summed E-state index contributed by atoms with van der Waals surface area (Å²) in [6, 6.07) is 10.5. The number of hydrogen-bond donors (Lipinski definition) is 2. The van der Waals surface area contributed by atoms with Gasteiger partial charge in [-0.3, -0.25) is 4.79 Å². The molecule has 194 valence electrons. The summed E-state index contributed by atoms with van der Waals surface area (Å²) < 4.78 is 30.8. The Morgan fingerprint density at radius 1 is 1.25 bits per heavy atom. The third-order valence-corrected chi connectivity index (χ3v) is 11.8. The van der Waals surface area contributed by atoms with Crippen molar-refractivity contribution in [1.29, 1.82) is 0 Å². The largest absolute Gasteiger partial charge is 0.408 e. The summed E-state index contributed by atoms with van der Waals surface area (Å²) in [7, 11) is -2.39. The lowest BCUT2D eigenvalue weighted by atomic mass is 9.96. The normalized spacial score (nSPS) is 25.8. The van der Waals surface area contributed by atoms with Crippen LogP contribution in [0.5, 0.6) is 0 Å². The van der Waals surface area contributed by atoms with Gasteiger partial charge in [0.1, 0.15) is 30.0 Å². The Bertz CT molecular complexity index is 1240. The number of carbonyl (C=O) groups is 1. The number of rotatable bonds is 6. The number of fused-ring (bicyclic) bond motifs is 1. The van der Waals surface area contributed by atoms with Gasteiger partial charge in [0.25, 0.3) is 5.91 Å². The number of aliphatic hydroxyl groups is 1. The fourth-order valence-electron chi connectivity index (χ4n) is 4.22. The summed E-state index contributed by atoms with van der Waals surface area (Å²) in [5.41, 5.74) is -1.08. The van der Waals surface area contributed by atoms with E-state index in [4.69, 9.17) is 9.16 Å². The molecular formula is C26H35FN4O4Si. The van der Waals surface area contributed by atoms with Gasteiger partial charge in [0.15, 0.2) is 20.2 Å². The number of ether oxygens (including phenoxy) is 1. The number of halogens is 1. The van der Waals surface area contributed by atoms with Crippen molar-refractivity contribution >= 4 is 31.1 Å². The van der Waals surface area contributed by atoms with E-state index in [1.165, 1.54) is 13.3 Å². The van der Waals surface area contributed by atoms with Crippen molar-refractivity contribution in [2.24, 2.45) is 0 Å². The van der Waals surface area contributed by atoms with Crippen LogP contribution in [0.1, 0.15) is 51.2 Å². The molecule has 1 saturated heterocycles. The van der Waals surface area contributed by atoms with Crippen LogP contribution in [0.25, 0.3) is 11.0 Å². The van der Waals surface area contributed by atoms with Crippen molar-refractivity contribution in [2.45, 2.75) is 83.0 Å². The minimum atomic E-state index is -2.39. The smallest absolute Gasteiger partial charge is 0.256 e. The molecule has 1 amide bonds. The molecule has 0 bridgehead atoms. The molecule has 1 aliphatic heterocycles. The fourth-order valence-corrected chi connectivity index (χ4v) is 5.58. The van der Waals surface area contributed by atoms with Crippen LogP contribution in [0.2, 0.25) is 18.1 Å². The molecule has 3 heterocycles. The van der Waals surface area contributed by atoms with E-state index in [1.807, 2.05) is 6.07 Å². The molecule has 3 aromatic rings. The first-order valence-corrected chi connectivity index (χ1v) is 15.0. The number of aromatic nitrogens is 3. The molecule has 1 aromatic carbocycles. The Balaban J connectivity index is 1.69. The van der Waals surface area contributed by atoms with Gasteiger partial charge < -0.3 is 24.2 Å². The second-order valence-electron chi connectivity index (χ2n) is 11.1. The van der Waals surface area contributed by atoms with Crippen LogP contribution in [0.4, 0.5) is 10.2 Å². The molecule has 1 aliphatic rings. The highest BCUT2D eigenvalue weighted by Gasteiger charge is 2.60. The summed E-state index contributed by atoms with van der Waals surface area (Å²) in [6.45, 7) is 13.4. The average molecular weight is 515 g/mol. The van der Waals surface area contributed by atoms with E-state index in [-0.39, 0.29) is 10.9 Å². The van der Waals surface area contributed by atoms with E-state index < -0.39 is 38.5 Å². The molecule has 2 unspecified atom stereocenters. The van der Waals surface area contributed by atoms with E-state index in [0.717, 1.165) is 0 Å². The zero-order valence-electron chi connectivity index (χ0n) is 21.8. The zero-order chi connectivity index (χ0) is 26.5. The molecule has 0 saturated carbocycles. The van der Waals surface area contributed by atoms with E-state index in [1.54, 1.807) is 48.0 Å². The second kappa shape index (κ2) is 9.33. The van der Waals surface area contributed by atoms with Crippen molar-refractivity contribution in [3.63, 3.8) is 0 Å². The van der Waals surface area contributed by atoms with Crippen molar-refractivity contribution in [1.82, 2.24) is 14.5 Å². The minimum absolute atomic E-state index is 0.149. The van der Waals surface area contributed by atoms with Gasteiger partial charge in [0, 0.05) is 11.8 Å². The summed E-state index contributed by atoms with van der Waals surface area (Å²) >= 11 is 0. The van der Waals surface area contributed by atoms with E-state index in [0.29, 0.717) is 22.4 Å². The SMILES string of the molecule is CC(O)[C@H]1OC(n2ccc3c(NC(=O)c4ccccc4)ncnc32)[C@](C)(F)[C@@H]1O[Si](C)(C)C(C)(C)C. The number of aliphatic hydroxyl groups excluding tert-OH is 1. The third-order valence-electron chi connectivity index (χ3n) is 7.36. The van der Waals surface area contributed by atoms with Gasteiger partial charge in [0.05, 0.1) is 11.5 Å². The van der Waals surface area contributed by atoms with Crippen LogP contribution in [-0.2, 0) is 9.16 Å². The lowest BCUT2D eigenvalue weighted by Gasteiger charge is -2.41. The lowest BCUT2D eigenvalue weighted by molar-refractivity contribution is -0.0786. The van der Waals surface area contributed by atoms with Crippen LogP contribution < -0.4 is 5.32 Å². The molecule has 1 fully saturated rings. The lowest BCUT2D eigenvalue weighted by Crippen LogP contribution is -2.53. The molecule has 0 spiro atoms. The number of amides is 1. The van der Waals surface area contributed by atoms with Crippen molar-refractivity contribution in [3.05, 3.63) is 54.5 Å². The highest BCUT2D eigenvalue weighted by molar-refractivity contribution is 6.74. The van der Waals surface area contributed by atoms with Crippen LogP contribution in [-0.4, -0.2) is 57.8 Å². The maximum Gasteiger partial charge on any atom is 0.256 e. The zero-order valence-corrected chi connectivity index (χ0v) is 22.8. The highest BCUT2D eigenvalue weighted by Crippen LogP contribution is 2.48.